The number of hydrogen-bond donors (Lipinski definition) is 0. The lowest BCUT2D eigenvalue weighted by Crippen LogP contribution is -2.26. The molecule has 0 saturated carbocycles. The highest BCUT2D eigenvalue weighted by Crippen LogP contribution is 2.35. The van der Waals surface area contributed by atoms with Crippen LogP contribution in [0.1, 0.15) is 39.7 Å². The SMILES string of the molecule is COc1ccc(C2=NN(C(=O)c3ccc(Br)o3)C(c3cccc(C)c3)C2)cc1. The van der Waals surface area contributed by atoms with Gasteiger partial charge in [-0.15, -0.1) is 0 Å². The lowest BCUT2D eigenvalue weighted by Gasteiger charge is -2.21. The molecule has 5 nitrogen and oxygen atoms in total. The molecule has 3 aromatic rings. The van der Waals surface area contributed by atoms with Crippen molar-refractivity contribution in [1.82, 2.24) is 5.01 Å². The number of furan rings is 1. The van der Waals surface area contributed by atoms with Gasteiger partial charge < -0.3 is 9.15 Å². The molecule has 0 N–H and O–H groups in total. The molecular formula is C22H19BrN2O3. The van der Waals surface area contributed by atoms with Crippen molar-refractivity contribution in [1.29, 1.82) is 0 Å². The molecule has 0 spiro atoms. The van der Waals surface area contributed by atoms with E-state index in [0.29, 0.717) is 11.1 Å². The van der Waals surface area contributed by atoms with Crippen LogP contribution in [0.15, 0.2) is 74.9 Å². The summed E-state index contributed by atoms with van der Waals surface area (Å²) in [5, 5.41) is 6.20. The number of ether oxygens (including phenoxy) is 1. The number of amides is 1. The Kier molecular flexibility index (Phi) is 5.05. The van der Waals surface area contributed by atoms with E-state index in [1.807, 2.05) is 49.4 Å². The Hall–Kier alpha value is -2.86. The molecule has 4 rings (SSSR count). The lowest BCUT2D eigenvalue weighted by atomic mass is 9.97. The fraction of sp³-hybridized carbons (Fsp3) is 0.182. The van der Waals surface area contributed by atoms with Crippen LogP contribution < -0.4 is 4.74 Å². The highest BCUT2D eigenvalue weighted by molar-refractivity contribution is 9.10. The lowest BCUT2D eigenvalue weighted by molar-refractivity contribution is 0.0677. The highest BCUT2D eigenvalue weighted by atomic mass is 79.9. The number of benzene rings is 2. The minimum Gasteiger partial charge on any atom is -0.497 e. The van der Waals surface area contributed by atoms with E-state index in [1.54, 1.807) is 19.2 Å². The Morgan fingerprint density at radius 2 is 1.96 bits per heavy atom. The van der Waals surface area contributed by atoms with Crippen LogP contribution in [-0.2, 0) is 0 Å². The van der Waals surface area contributed by atoms with Crippen molar-refractivity contribution in [3.05, 3.63) is 87.8 Å². The second-order valence-corrected chi connectivity index (χ2v) is 7.44. The van der Waals surface area contributed by atoms with Gasteiger partial charge in [0.2, 0.25) is 0 Å². The zero-order valence-electron chi connectivity index (χ0n) is 15.6. The zero-order valence-corrected chi connectivity index (χ0v) is 17.1. The molecule has 142 valence electrons. The number of carbonyl (C=O) groups excluding carboxylic acids is 1. The first-order valence-electron chi connectivity index (χ1n) is 8.92. The van der Waals surface area contributed by atoms with E-state index in [0.717, 1.165) is 28.2 Å². The van der Waals surface area contributed by atoms with Crippen LogP contribution in [0.3, 0.4) is 0 Å². The van der Waals surface area contributed by atoms with Gasteiger partial charge in [-0.05, 0) is 70.4 Å². The topological polar surface area (TPSA) is 55.0 Å². The third kappa shape index (κ3) is 3.60. The van der Waals surface area contributed by atoms with Crippen LogP contribution in [0.2, 0.25) is 0 Å². The van der Waals surface area contributed by atoms with E-state index in [2.05, 4.69) is 27.1 Å². The molecule has 0 aliphatic carbocycles. The summed E-state index contributed by atoms with van der Waals surface area (Å²) in [5.74, 6) is 0.774. The number of hydrogen-bond acceptors (Lipinski definition) is 4. The van der Waals surface area contributed by atoms with Crippen molar-refractivity contribution < 1.29 is 13.9 Å². The van der Waals surface area contributed by atoms with E-state index < -0.39 is 0 Å². The molecule has 0 radical (unpaired) electrons. The van der Waals surface area contributed by atoms with Gasteiger partial charge >= 0.3 is 5.91 Å². The molecule has 1 unspecified atom stereocenters. The van der Waals surface area contributed by atoms with E-state index in [1.165, 1.54) is 5.01 Å². The molecule has 28 heavy (non-hydrogen) atoms. The minimum atomic E-state index is -0.263. The van der Waals surface area contributed by atoms with Crippen LogP contribution in [0.25, 0.3) is 0 Å². The summed E-state index contributed by atoms with van der Waals surface area (Å²) < 4.78 is 11.2. The zero-order chi connectivity index (χ0) is 19.7. The molecule has 0 bridgehead atoms. The number of nitrogens with zero attached hydrogens (tertiary/aromatic N) is 2. The molecule has 6 heteroatoms. The molecule has 2 aromatic carbocycles. The van der Waals surface area contributed by atoms with Gasteiger partial charge in [0, 0.05) is 6.42 Å². The number of hydrazone groups is 1. The van der Waals surface area contributed by atoms with Gasteiger partial charge in [0.25, 0.3) is 0 Å². The predicted octanol–water partition coefficient (Wildman–Crippen LogP) is 5.35. The summed E-state index contributed by atoms with van der Waals surface area (Å²) in [7, 11) is 1.64. The number of methoxy groups -OCH3 is 1. The van der Waals surface area contributed by atoms with Gasteiger partial charge in [-0.3, -0.25) is 4.79 Å². The maximum absolute atomic E-state index is 13.1. The summed E-state index contributed by atoms with van der Waals surface area (Å²) >= 11 is 3.26. The van der Waals surface area contributed by atoms with Gasteiger partial charge in [-0.1, -0.05) is 29.8 Å². The maximum Gasteiger partial charge on any atom is 0.310 e. The molecule has 1 amide bonds. The molecule has 1 aliphatic rings. The van der Waals surface area contributed by atoms with Crippen molar-refractivity contribution in [2.75, 3.05) is 7.11 Å². The first-order valence-corrected chi connectivity index (χ1v) is 9.72. The first kappa shape index (κ1) is 18.5. The Bertz CT molecular complexity index is 1040. The molecule has 0 saturated heterocycles. The fourth-order valence-electron chi connectivity index (χ4n) is 3.33. The molecule has 2 heterocycles. The monoisotopic (exact) mass is 438 g/mol. The molecule has 0 fully saturated rings. The summed E-state index contributed by atoms with van der Waals surface area (Å²) in [6.45, 7) is 2.04. The van der Waals surface area contributed by atoms with E-state index in [4.69, 9.17) is 9.15 Å². The smallest absolute Gasteiger partial charge is 0.310 e. The Morgan fingerprint density at radius 1 is 1.18 bits per heavy atom. The van der Waals surface area contributed by atoms with Crippen molar-refractivity contribution in [2.45, 2.75) is 19.4 Å². The second kappa shape index (κ2) is 7.64. The van der Waals surface area contributed by atoms with Crippen LogP contribution in [0.5, 0.6) is 5.75 Å². The molecule has 1 aliphatic heterocycles. The normalized spacial score (nSPS) is 16.2. The average molecular weight is 439 g/mol. The third-order valence-corrected chi connectivity index (χ3v) is 5.18. The fourth-order valence-corrected chi connectivity index (χ4v) is 3.64. The van der Waals surface area contributed by atoms with Gasteiger partial charge in [0.05, 0.1) is 18.9 Å². The molecular weight excluding hydrogens is 420 g/mol. The minimum absolute atomic E-state index is 0.187. The molecule has 1 atom stereocenters. The van der Waals surface area contributed by atoms with Crippen molar-refractivity contribution in [3.63, 3.8) is 0 Å². The standard InChI is InChI=1S/C22H19BrN2O3/c1-14-4-3-5-16(12-14)19-13-18(15-6-8-17(27-2)9-7-15)24-25(19)22(26)20-10-11-21(23)28-20/h3-12,19H,13H2,1-2H3. The molecule has 1 aromatic heterocycles. The van der Waals surface area contributed by atoms with Crippen LogP contribution in [-0.4, -0.2) is 23.7 Å². The van der Waals surface area contributed by atoms with Crippen molar-refractivity contribution in [2.24, 2.45) is 5.10 Å². The summed E-state index contributed by atoms with van der Waals surface area (Å²) in [6, 6.07) is 19.1. The number of halogens is 1. The van der Waals surface area contributed by atoms with Crippen LogP contribution in [0.4, 0.5) is 0 Å². The predicted molar refractivity (Wildman–Crippen MR) is 111 cm³/mol. The summed E-state index contributed by atoms with van der Waals surface area (Å²) in [4.78, 5) is 13.1. The average Bonchev–Trinajstić information content (AvgIpc) is 3.34. The van der Waals surface area contributed by atoms with Gasteiger partial charge in [0.15, 0.2) is 10.4 Å². The summed E-state index contributed by atoms with van der Waals surface area (Å²) in [6.07, 6.45) is 0.628. The van der Waals surface area contributed by atoms with Crippen LogP contribution >= 0.6 is 15.9 Å². The largest absolute Gasteiger partial charge is 0.497 e. The maximum atomic E-state index is 13.1. The van der Waals surface area contributed by atoms with E-state index >= 15 is 0 Å². The number of rotatable bonds is 4. The van der Waals surface area contributed by atoms with Gasteiger partial charge in [-0.2, -0.15) is 5.10 Å². The van der Waals surface area contributed by atoms with Gasteiger partial charge in [0.1, 0.15) is 5.75 Å². The Morgan fingerprint density at radius 3 is 2.61 bits per heavy atom. The van der Waals surface area contributed by atoms with Crippen molar-refractivity contribution >= 4 is 27.5 Å². The quantitative estimate of drug-likeness (QED) is 0.551. The summed E-state index contributed by atoms with van der Waals surface area (Å²) in [5.41, 5.74) is 4.01. The Labute approximate surface area is 171 Å². The number of carbonyl (C=O) groups is 1. The third-order valence-electron chi connectivity index (χ3n) is 4.75. The highest BCUT2D eigenvalue weighted by Gasteiger charge is 2.35. The second-order valence-electron chi connectivity index (χ2n) is 6.66. The van der Waals surface area contributed by atoms with Crippen LogP contribution in [0, 0.1) is 6.92 Å². The number of aryl methyl sites for hydroxylation is 1. The van der Waals surface area contributed by atoms with Crippen molar-refractivity contribution in [3.8, 4) is 5.75 Å². The Balaban J connectivity index is 1.72. The van der Waals surface area contributed by atoms with Gasteiger partial charge in [-0.25, -0.2) is 5.01 Å². The first-order chi connectivity index (χ1) is 13.5. The van der Waals surface area contributed by atoms with E-state index in [-0.39, 0.29) is 17.7 Å². The van der Waals surface area contributed by atoms with E-state index in [9.17, 15) is 4.79 Å².